The number of likely N-dealkylation sites (N-methyl/N-ethyl adjacent to an activating group) is 1. The van der Waals surface area contributed by atoms with Gasteiger partial charge in [-0.1, -0.05) is 0 Å². The lowest BCUT2D eigenvalue weighted by Gasteiger charge is -2.14. The lowest BCUT2D eigenvalue weighted by molar-refractivity contribution is -0.138. The van der Waals surface area contributed by atoms with Gasteiger partial charge in [-0.2, -0.15) is 0 Å². The van der Waals surface area contributed by atoms with Gasteiger partial charge in [0.1, 0.15) is 6.10 Å². The summed E-state index contributed by atoms with van der Waals surface area (Å²) in [6.07, 6.45) is -0.319. The summed E-state index contributed by atoms with van der Waals surface area (Å²) in [6.45, 7) is 1.72. The van der Waals surface area contributed by atoms with Crippen LogP contribution in [-0.4, -0.2) is 38.1 Å². The summed E-state index contributed by atoms with van der Waals surface area (Å²) in [5, 5.41) is 0. The zero-order chi connectivity index (χ0) is 7.44. The molecule has 0 rings (SSSR count). The number of rotatable bonds is 2. The Labute approximate surface area is 55.6 Å². The van der Waals surface area contributed by atoms with Crippen molar-refractivity contribution in [1.82, 2.24) is 4.90 Å². The fourth-order valence-electron chi connectivity index (χ4n) is 0.464. The van der Waals surface area contributed by atoms with Crippen LogP contribution in [0.1, 0.15) is 6.92 Å². The van der Waals surface area contributed by atoms with Crippen molar-refractivity contribution in [3.05, 3.63) is 0 Å². The van der Waals surface area contributed by atoms with E-state index in [1.807, 2.05) is 0 Å². The molecular formula is C6H13NO2. The summed E-state index contributed by atoms with van der Waals surface area (Å²) in [5.41, 5.74) is 0. The van der Waals surface area contributed by atoms with Gasteiger partial charge < -0.3 is 9.64 Å². The molecule has 0 fully saturated rings. The number of ether oxygens (including phenoxy) is 1. The van der Waals surface area contributed by atoms with Crippen molar-refractivity contribution in [3.63, 3.8) is 0 Å². The van der Waals surface area contributed by atoms with Gasteiger partial charge in [-0.3, -0.25) is 4.79 Å². The van der Waals surface area contributed by atoms with Crippen LogP contribution in [-0.2, 0) is 9.53 Å². The zero-order valence-electron chi connectivity index (χ0n) is 6.34. The minimum atomic E-state index is -0.319. The minimum absolute atomic E-state index is 0.00231. The van der Waals surface area contributed by atoms with Gasteiger partial charge in [0, 0.05) is 21.2 Å². The average molecular weight is 131 g/mol. The summed E-state index contributed by atoms with van der Waals surface area (Å²) >= 11 is 0. The molecule has 3 nitrogen and oxygen atoms in total. The molecule has 1 atom stereocenters. The van der Waals surface area contributed by atoms with E-state index in [-0.39, 0.29) is 12.0 Å². The van der Waals surface area contributed by atoms with Crippen molar-refractivity contribution < 1.29 is 9.53 Å². The van der Waals surface area contributed by atoms with E-state index >= 15 is 0 Å². The molecule has 0 aromatic heterocycles. The summed E-state index contributed by atoms with van der Waals surface area (Å²) in [7, 11) is 4.93. The maximum absolute atomic E-state index is 10.9. The SMILES string of the molecule is CO[C@@H](C)C(=O)N(C)C. The molecule has 0 aliphatic rings. The Kier molecular flexibility index (Phi) is 3.24. The molecule has 0 aliphatic heterocycles. The second-order valence-corrected chi connectivity index (χ2v) is 2.11. The van der Waals surface area contributed by atoms with Gasteiger partial charge >= 0.3 is 0 Å². The topological polar surface area (TPSA) is 29.5 Å². The van der Waals surface area contributed by atoms with E-state index in [1.54, 1.807) is 21.0 Å². The van der Waals surface area contributed by atoms with Crippen LogP contribution >= 0.6 is 0 Å². The van der Waals surface area contributed by atoms with Crippen molar-refractivity contribution >= 4 is 5.91 Å². The lowest BCUT2D eigenvalue weighted by atomic mass is 10.4. The van der Waals surface area contributed by atoms with Crippen LogP contribution in [0.15, 0.2) is 0 Å². The van der Waals surface area contributed by atoms with Gasteiger partial charge in [-0.25, -0.2) is 0 Å². The van der Waals surface area contributed by atoms with Crippen molar-refractivity contribution in [1.29, 1.82) is 0 Å². The van der Waals surface area contributed by atoms with Gasteiger partial charge in [0.2, 0.25) is 0 Å². The molecule has 0 aromatic carbocycles. The van der Waals surface area contributed by atoms with Crippen molar-refractivity contribution in [3.8, 4) is 0 Å². The number of hydrogen-bond donors (Lipinski definition) is 0. The highest BCUT2D eigenvalue weighted by Gasteiger charge is 2.12. The lowest BCUT2D eigenvalue weighted by Crippen LogP contribution is -2.32. The van der Waals surface area contributed by atoms with E-state index in [0.29, 0.717) is 0 Å². The van der Waals surface area contributed by atoms with E-state index < -0.39 is 0 Å². The second-order valence-electron chi connectivity index (χ2n) is 2.11. The molecule has 0 N–H and O–H groups in total. The van der Waals surface area contributed by atoms with Crippen LogP contribution in [0.3, 0.4) is 0 Å². The molecule has 0 unspecified atom stereocenters. The molecule has 9 heavy (non-hydrogen) atoms. The van der Waals surface area contributed by atoms with Crippen LogP contribution in [0, 0.1) is 0 Å². The molecule has 0 saturated carbocycles. The van der Waals surface area contributed by atoms with Crippen molar-refractivity contribution in [2.45, 2.75) is 13.0 Å². The maximum Gasteiger partial charge on any atom is 0.250 e. The van der Waals surface area contributed by atoms with E-state index in [9.17, 15) is 4.79 Å². The van der Waals surface area contributed by atoms with Crippen LogP contribution in [0.4, 0.5) is 0 Å². The quantitative estimate of drug-likeness (QED) is 0.532. The Morgan fingerprint density at radius 2 is 2.00 bits per heavy atom. The molecule has 0 spiro atoms. The smallest absolute Gasteiger partial charge is 0.250 e. The third-order valence-electron chi connectivity index (χ3n) is 1.14. The average Bonchev–Trinajstić information content (AvgIpc) is 1.84. The highest BCUT2D eigenvalue weighted by molar-refractivity contribution is 5.79. The molecule has 1 amide bonds. The molecule has 0 aromatic rings. The molecule has 0 radical (unpaired) electrons. The Hall–Kier alpha value is -0.570. The highest BCUT2D eigenvalue weighted by atomic mass is 16.5. The summed E-state index contributed by atoms with van der Waals surface area (Å²) in [5.74, 6) is -0.00231. The Morgan fingerprint density at radius 1 is 1.56 bits per heavy atom. The summed E-state index contributed by atoms with van der Waals surface area (Å²) in [6, 6.07) is 0. The Bertz CT molecular complexity index is 101. The third-order valence-corrected chi connectivity index (χ3v) is 1.14. The maximum atomic E-state index is 10.9. The first-order valence-corrected chi connectivity index (χ1v) is 2.83. The van der Waals surface area contributed by atoms with Gasteiger partial charge in [0.25, 0.3) is 5.91 Å². The third kappa shape index (κ3) is 2.46. The molecule has 0 aliphatic carbocycles. The Balaban J connectivity index is 3.73. The standard InChI is InChI=1S/C6H13NO2/c1-5(9-4)6(8)7(2)3/h5H,1-4H3/t5-/m0/s1. The van der Waals surface area contributed by atoms with E-state index in [4.69, 9.17) is 4.74 Å². The first kappa shape index (κ1) is 8.43. The number of carbonyl (C=O) groups is 1. The van der Waals surface area contributed by atoms with Gasteiger partial charge in [0.15, 0.2) is 0 Å². The van der Waals surface area contributed by atoms with Gasteiger partial charge in [-0.15, -0.1) is 0 Å². The molecule has 0 heterocycles. The zero-order valence-corrected chi connectivity index (χ0v) is 6.34. The first-order valence-electron chi connectivity index (χ1n) is 2.83. The second kappa shape index (κ2) is 3.45. The summed E-state index contributed by atoms with van der Waals surface area (Å²) < 4.78 is 4.78. The molecule has 0 saturated heterocycles. The first-order chi connectivity index (χ1) is 4.09. The van der Waals surface area contributed by atoms with E-state index in [2.05, 4.69) is 0 Å². The number of nitrogens with zero attached hydrogens (tertiary/aromatic N) is 1. The Morgan fingerprint density at radius 3 is 2.11 bits per heavy atom. The van der Waals surface area contributed by atoms with Gasteiger partial charge in [0.05, 0.1) is 0 Å². The van der Waals surface area contributed by atoms with Crippen LogP contribution in [0.25, 0.3) is 0 Å². The minimum Gasteiger partial charge on any atom is -0.372 e. The van der Waals surface area contributed by atoms with Crippen molar-refractivity contribution in [2.24, 2.45) is 0 Å². The largest absolute Gasteiger partial charge is 0.372 e. The van der Waals surface area contributed by atoms with E-state index in [1.165, 1.54) is 12.0 Å². The normalized spacial score (nSPS) is 12.9. The number of carbonyl (C=O) groups excluding carboxylic acids is 1. The highest BCUT2D eigenvalue weighted by Crippen LogP contribution is 1.91. The monoisotopic (exact) mass is 131 g/mol. The molecule has 54 valence electrons. The van der Waals surface area contributed by atoms with Gasteiger partial charge in [-0.05, 0) is 6.92 Å². The number of methoxy groups -OCH3 is 1. The number of hydrogen-bond acceptors (Lipinski definition) is 2. The predicted molar refractivity (Wildman–Crippen MR) is 35.2 cm³/mol. The van der Waals surface area contributed by atoms with Crippen molar-refractivity contribution in [2.75, 3.05) is 21.2 Å². The molecular weight excluding hydrogens is 118 g/mol. The molecule has 0 bridgehead atoms. The van der Waals surface area contributed by atoms with E-state index in [0.717, 1.165) is 0 Å². The fraction of sp³-hybridized carbons (Fsp3) is 0.833. The summed E-state index contributed by atoms with van der Waals surface area (Å²) in [4.78, 5) is 12.4. The predicted octanol–water partition coefficient (Wildman–Crippen LogP) is 0.109. The molecule has 3 heteroatoms. The number of amides is 1. The van der Waals surface area contributed by atoms with Crippen LogP contribution in [0.5, 0.6) is 0 Å². The van der Waals surface area contributed by atoms with Crippen LogP contribution in [0.2, 0.25) is 0 Å². The van der Waals surface area contributed by atoms with Crippen LogP contribution < -0.4 is 0 Å². The fourth-order valence-corrected chi connectivity index (χ4v) is 0.464.